The van der Waals surface area contributed by atoms with Gasteiger partial charge in [-0.25, -0.2) is 18.1 Å². The van der Waals surface area contributed by atoms with Crippen molar-refractivity contribution in [2.45, 2.75) is 33.1 Å². The second kappa shape index (κ2) is 6.37. The zero-order valence-electron chi connectivity index (χ0n) is 12.0. The van der Waals surface area contributed by atoms with E-state index >= 15 is 0 Å². The summed E-state index contributed by atoms with van der Waals surface area (Å²) in [7, 11) is -3.14. The van der Waals surface area contributed by atoms with Crippen molar-refractivity contribution in [3.05, 3.63) is 35.8 Å². The van der Waals surface area contributed by atoms with Crippen LogP contribution in [0.5, 0.6) is 0 Å². The molecule has 0 amide bonds. The van der Waals surface area contributed by atoms with Gasteiger partial charge < -0.3 is 4.40 Å². The van der Waals surface area contributed by atoms with Crippen LogP contribution in [0.4, 0.5) is 0 Å². The molecule has 2 aromatic rings. The van der Waals surface area contributed by atoms with Crippen LogP contribution in [-0.4, -0.2) is 30.1 Å². The average Bonchev–Trinajstić information content (AvgIpc) is 2.78. The summed E-state index contributed by atoms with van der Waals surface area (Å²) in [5, 5.41) is 0. The van der Waals surface area contributed by atoms with Crippen molar-refractivity contribution in [3.8, 4) is 0 Å². The number of unbranched alkanes of at least 4 members (excludes halogenated alkanes) is 1. The quantitative estimate of drug-likeness (QED) is 0.848. The molecule has 0 aliphatic carbocycles. The van der Waals surface area contributed by atoms with E-state index in [0.29, 0.717) is 19.4 Å². The number of hydrogen-bond acceptors (Lipinski definition) is 3. The topological polar surface area (TPSA) is 63.5 Å². The van der Waals surface area contributed by atoms with Crippen LogP contribution in [-0.2, 0) is 16.4 Å². The highest BCUT2D eigenvalue weighted by Gasteiger charge is 2.09. The lowest BCUT2D eigenvalue weighted by Gasteiger charge is -2.04. The lowest BCUT2D eigenvalue weighted by atomic mass is 10.3. The Morgan fingerprint density at radius 2 is 2.20 bits per heavy atom. The van der Waals surface area contributed by atoms with Crippen molar-refractivity contribution in [2.24, 2.45) is 0 Å². The molecule has 20 heavy (non-hydrogen) atoms. The second-order valence-corrected chi connectivity index (χ2v) is 6.94. The molecule has 5 nitrogen and oxygen atoms in total. The van der Waals surface area contributed by atoms with Gasteiger partial charge in [-0.05, 0) is 31.0 Å². The van der Waals surface area contributed by atoms with Crippen LogP contribution in [0.15, 0.2) is 24.5 Å². The Bertz CT molecular complexity index is 677. The maximum Gasteiger partial charge on any atom is 0.211 e. The van der Waals surface area contributed by atoms with E-state index in [1.165, 1.54) is 0 Å². The van der Waals surface area contributed by atoms with Gasteiger partial charge in [-0.2, -0.15) is 0 Å². The predicted octanol–water partition coefficient (Wildman–Crippen LogP) is 1.90. The molecule has 0 unspecified atom stereocenters. The maximum atomic E-state index is 11.7. The highest BCUT2D eigenvalue weighted by molar-refractivity contribution is 7.89. The first kappa shape index (κ1) is 15.0. The van der Waals surface area contributed by atoms with Crippen molar-refractivity contribution in [1.82, 2.24) is 14.1 Å². The predicted molar refractivity (Wildman–Crippen MR) is 80.3 cm³/mol. The van der Waals surface area contributed by atoms with Gasteiger partial charge in [0.2, 0.25) is 10.0 Å². The molecule has 0 radical (unpaired) electrons. The largest absolute Gasteiger partial charge is 0.307 e. The summed E-state index contributed by atoms with van der Waals surface area (Å²) in [5.41, 5.74) is 2.96. The average molecular weight is 295 g/mol. The Hall–Kier alpha value is -1.40. The van der Waals surface area contributed by atoms with Crippen molar-refractivity contribution < 1.29 is 8.42 Å². The summed E-state index contributed by atoms with van der Waals surface area (Å²) < 4.78 is 27.9. The fourth-order valence-corrected chi connectivity index (χ4v) is 3.22. The molecular weight excluding hydrogens is 274 g/mol. The molecular formula is C14H21N3O2S. The van der Waals surface area contributed by atoms with Crippen LogP contribution in [0.2, 0.25) is 0 Å². The molecule has 1 N–H and O–H groups in total. The number of imidazole rings is 1. The molecule has 0 saturated heterocycles. The Morgan fingerprint density at radius 3 is 2.95 bits per heavy atom. The number of nitrogens with one attached hydrogen (secondary N) is 1. The second-order valence-electron chi connectivity index (χ2n) is 5.02. The Morgan fingerprint density at radius 1 is 1.40 bits per heavy atom. The first-order valence-corrected chi connectivity index (χ1v) is 8.57. The third kappa shape index (κ3) is 4.05. The van der Waals surface area contributed by atoms with Gasteiger partial charge in [-0.15, -0.1) is 0 Å². The molecule has 0 aliphatic heterocycles. The Balaban J connectivity index is 1.93. The van der Waals surface area contributed by atoms with Crippen LogP contribution in [0.1, 0.15) is 31.0 Å². The molecule has 0 aliphatic rings. The lowest BCUT2D eigenvalue weighted by molar-refractivity contribution is 0.578. The number of sulfonamides is 1. The van der Waals surface area contributed by atoms with Crippen LogP contribution in [0.25, 0.3) is 5.65 Å². The number of fused-ring (bicyclic) bond motifs is 1. The first-order chi connectivity index (χ1) is 9.50. The highest BCUT2D eigenvalue weighted by Crippen LogP contribution is 2.08. The van der Waals surface area contributed by atoms with Gasteiger partial charge in [0.15, 0.2) is 0 Å². The van der Waals surface area contributed by atoms with Gasteiger partial charge in [0, 0.05) is 25.4 Å². The normalized spacial score (nSPS) is 12.1. The minimum absolute atomic E-state index is 0.202. The number of nitrogens with zero attached hydrogens (tertiary/aromatic N) is 2. The molecule has 0 atom stereocenters. The highest BCUT2D eigenvalue weighted by atomic mass is 32.2. The minimum Gasteiger partial charge on any atom is -0.307 e. The third-order valence-corrected chi connectivity index (χ3v) is 4.61. The van der Waals surface area contributed by atoms with E-state index in [0.717, 1.165) is 23.3 Å². The summed E-state index contributed by atoms with van der Waals surface area (Å²) in [6.45, 7) is 4.40. The molecule has 0 saturated carbocycles. The van der Waals surface area contributed by atoms with Gasteiger partial charge >= 0.3 is 0 Å². The van der Waals surface area contributed by atoms with Crippen LogP contribution in [0, 0.1) is 6.92 Å². The van der Waals surface area contributed by atoms with Crippen molar-refractivity contribution in [2.75, 3.05) is 12.3 Å². The van der Waals surface area contributed by atoms with Crippen molar-refractivity contribution in [1.29, 1.82) is 0 Å². The number of aryl methyl sites for hydroxylation is 1. The van der Waals surface area contributed by atoms with Gasteiger partial charge in [-0.1, -0.05) is 13.3 Å². The van der Waals surface area contributed by atoms with E-state index in [1.807, 2.05) is 42.8 Å². The molecule has 2 aromatic heterocycles. The number of hydrogen-bond donors (Lipinski definition) is 1. The Kier molecular flexibility index (Phi) is 4.77. The van der Waals surface area contributed by atoms with Gasteiger partial charge in [0.1, 0.15) is 5.65 Å². The number of pyridine rings is 1. The summed E-state index contributed by atoms with van der Waals surface area (Å²) >= 11 is 0. The molecule has 2 rings (SSSR count). The minimum atomic E-state index is -3.14. The Labute approximate surface area is 120 Å². The molecule has 2 heterocycles. The van der Waals surface area contributed by atoms with Crippen molar-refractivity contribution in [3.63, 3.8) is 0 Å². The number of aromatic nitrogens is 2. The van der Waals surface area contributed by atoms with E-state index in [2.05, 4.69) is 9.71 Å². The molecule has 110 valence electrons. The van der Waals surface area contributed by atoms with E-state index in [-0.39, 0.29) is 5.75 Å². The summed E-state index contributed by atoms with van der Waals surface area (Å²) in [5.74, 6) is 0.202. The monoisotopic (exact) mass is 295 g/mol. The molecule has 0 fully saturated rings. The zero-order chi connectivity index (χ0) is 14.6. The van der Waals surface area contributed by atoms with Gasteiger partial charge in [0.05, 0.1) is 11.4 Å². The summed E-state index contributed by atoms with van der Waals surface area (Å²) in [4.78, 5) is 4.48. The third-order valence-electron chi connectivity index (χ3n) is 3.14. The molecule has 0 spiro atoms. The van der Waals surface area contributed by atoms with Gasteiger partial charge in [-0.3, -0.25) is 0 Å². The summed E-state index contributed by atoms with van der Waals surface area (Å²) in [6.07, 6.45) is 6.09. The SMILES string of the molecule is CCCCS(=O)(=O)NCCc1cn2ccc(C)cc2n1. The van der Waals surface area contributed by atoms with Crippen LogP contribution < -0.4 is 4.72 Å². The zero-order valence-corrected chi connectivity index (χ0v) is 12.8. The molecule has 0 bridgehead atoms. The van der Waals surface area contributed by atoms with Gasteiger partial charge in [0.25, 0.3) is 0 Å². The standard InChI is InChI=1S/C14H21N3O2S/c1-3-4-9-20(18,19)15-7-5-13-11-17-8-6-12(2)10-14(17)16-13/h6,8,10-11,15H,3-5,7,9H2,1-2H3. The molecule has 0 aromatic carbocycles. The van der Waals surface area contributed by atoms with E-state index < -0.39 is 10.0 Å². The number of rotatable bonds is 7. The van der Waals surface area contributed by atoms with E-state index in [4.69, 9.17) is 0 Å². The fourth-order valence-electron chi connectivity index (χ4n) is 2.00. The van der Waals surface area contributed by atoms with Crippen molar-refractivity contribution >= 4 is 15.7 Å². The van der Waals surface area contributed by atoms with E-state index in [1.54, 1.807) is 0 Å². The smallest absolute Gasteiger partial charge is 0.211 e. The van der Waals surface area contributed by atoms with E-state index in [9.17, 15) is 8.42 Å². The lowest BCUT2D eigenvalue weighted by Crippen LogP contribution is -2.28. The first-order valence-electron chi connectivity index (χ1n) is 6.92. The molecule has 6 heteroatoms. The fraction of sp³-hybridized carbons (Fsp3) is 0.500. The summed E-state index contributed by atoms with van der Waals surface area (Å²) in [6, 6.07) is 4.03. The van der Waals surface area contributed by atoms with Crippen LogP contribution in [0.3, 0.4) is 0 Å². The maximum absolute atomic E-state index is 11.7. The van der Waals surface area contributed by atoms with Crippen LogP contribution >= 0.6 is 0 Å².